The summed E-state index contributed by atoms with van der Waals surface area (Å²) >= 11 is 1.36. The summed E-state index contributed by atoms with van der Waals surface area (Å²) in [5.74, 6) is 1.15. The Hall–Kier alpha value is -3.53. The molecule has 2 N–H and O–H groups in total. The van der Waals surface area contributed by atoms with Crippen molar-refractivity contribution in [3.63, 3.8) is 0 Å². The van der Waals surface area contributed by atoms with E-state index in [9.17, 15) is 9.90 Å². The first-order chi connectivity index (χ1) is 17.5. The van der Waals surface area contributed by atoms with Crippen molar-refractivity contribution in [3.05, 3.63) is 47.5 Å². The Labute approximate surface area is 214 Å². The van der Waals surface area contributed by atoms with Crippen molar-refractivity contribution >= 4 is 23.9 Å². The van der Waals surface area contributed by atoms with Gasteiger partial charge in [0.05, 0.1) is 26.2 Å². The van der Waals surface area contributed by atoms with Crippen molar-refractivity contribution in [2.75, 3.05) is 20.0 Å². The van der Waals surface area contributed by atoms with E-state index in [-0.39, 0.29) is 28.9 Å². The van der Waals surface area contributed by atoms with E-state index >= 15 is 0 Å². The molecule has 1 aliphatic carbocycles. The van der Waals surface area contributed by atoms with Gasteiger partial charge < -0.3 is 14.6 Å². The molecule has 1 heterocycles. The minimum atomic E-state index is -0.260. The van der Waals surface area contributed by atoms with Gasteiger partial charge in [0.2, 0.25) is 5.75 Å². The number of hydrogen-bond donors (Lipinski definition) is 2. The van der Waals surface area contributed by atoms with E-state index in [4.69, 9.17) is 9.47 Å². The van der Waals surface area contributed by atoms with Crippen LogP contribution in [0.2, 0.25) is 0 Å². The molecule has 3 aromatic rings. The number of ether oxygens (including phenoxy) is 2. The van der Waals surface area contributed by atoms with E-state index in [1.807, 2.05) is 0 Å². The summed E-state index contributed by atoms with van der Waals surface area (Å²) in [4.78, 5) is 12.5. The number of phenolic OH excluding ortho intramolecular Hbond substituents is 1. The van der Waals surface area contributed by atoms with Gasteiger partial charge >= 0.3 is 0 Å². The maximum Gasteiger partial charge on any atom is 0.250 e. The van der Waals surface area contributed by atoms with Crippen molar-refractivity contribution in [1.29, 1.82) is 0 Å². The van der Waals surface area contributed by atoms with Crippen LogP contribution in [0.5, 0.6) is 17.2 Å². The molecule has 36 heavy (non-hydrogen) atoms. The van der Waals surface area contributed by atoms with Crippen molar-refractivity contribution in [2.24, 2.45) is 5.10 Å². The van der Waals surface area contributed by atoms with Gasteiger partial charge in [0.25, 0.3) is 5.91 Å². The van der Waals surface area contributed by atoms with E-state index in [0.29, 0.717) is 11.6 Å². The first-order valence-corrected chi connectivity index (χ1v) is 12.9. The normalized spacial score (nSPS) is 14.2. The summed E-state index contributed by atoms with van der Waals surface area (Å²) in [6.45, 7) is 2.06. The molecular formula is C26H31N5O4S. The molecule has 2 aromatic carbocycles. The number of phenols is 1. The Kier molecular flexibility index (Phi) is 8.48. The Balaban J connectivity index is 1.44. The summed E-state index contributed by atoms with van der Waals surface area (Å²) < 4.78 is 12.5. The molecule has 1 amide bonds. The number of rotatable bonds is 9. The molecule has 0 bridgehead atoms. The molecule has 4 rings (SSSR count). The van der Waals surface area contributed by atoms with Crippen LogP contribution < -0.4 is 14.9 Å². The molecule has 190 valence electrons. The molecule has 0 spiro atoms. The third kappa shape index (κ3) is 5.99. The van der Waals surface area contributed by atoms with E-state index in [1.165, 1.54) is 57.0 Å². The SMILES string of the molecule is COc1cc(/C=N/NC(=O)CSc2nnc(-c3ccc(C)cc3)n2C2CCCCC2)cc(OC)c1O. The first-order valence-electron chi connectivity index (χ1n) is 11.9. The first kappa shape index (κ1) is 25.6. The number of hydrogen-bond acceptors (Lipinski definition) is 8. The van der Waals surface area contributed by atoms with Gasteiger partial charge in [0.1, 0.15) is 0 Å². The van der Waals surface area contributed by atoms with E-state index in [2.05, 4.69) is 56.5 Å². The van der Waals surface area contributed by atoms with Crippen LogP contribution in [0.1, 0.15) is 49.3 Å². The number of hydrazone groups is 1. The van der Waals surface area contributed by atoms with Gasteiger partial charge in [-0.15, -0.1) is 10.2 Å². The van der Waals surface area contributed by atoms with Gasteiger partial charge in [-0.2, -0.15) is 5.10 Å². The third-order valence-corrected chi connectivity index (χ3v) is 7.09. The van der Waals surface area contributed by atoms with Crippen molar-refractivity contribution in [1.82, 2.24) is 20.2 Å². The number of nitrogens with one attached hydrogen (secondary N) is 1. The molecule has 10 heteroatoms. The highest BCUT2D eigenvalue weighted by Crippen LogP contribution is 2.37. The standard InChI is InChI=1S/C26H31N5O4S/c1-17-9-11-19(12-10-17)25-29-30-26(31(25)20-7-5-4-6-8-20)36-16-23(32)28-27-15-18-13-21(34-2)24(33)22(14-18)35-3/h9-15,20,33H,4-8,16H2,1-3H3,(H,28,32)/b27-15+. The van der Waals surface area contributed by atoms with E-state index in [1.54, 1.807) is 12.1 Å². The van der Waals surface area contributed by atoms with Crippen LogP contribution in [0.25, 0.3) is 11.4 Å². The van der Waals surface area contributed by atoms with E-state index < -0.39 is 0 Å². The number of aromatic hydroxyl groups is 1. The summed E-state index contributed by atoms with van der Waals surface area (Å²) in [6, 6.07) is 11.8. The van der Waals surface area contributed by atoms with Crippen LogP contribution in [0, 0.1) is 6.92 Å². The summed E-state index contributed by atoms with van der Waals surface area (Å²) in [6.07, 6.45) is 7.25. The number of nitrogens with zero attached hydrogens (tertiary/aromatic N) is 4. The van der Waals surface area contributed by atoms with Crippen molar-refractivity contribution in [3.8, 4) is 28.6 Å². The summed E-state index contributed by atoms with van der Waals surface area (Å²) in [5.41, 5.74) is 5.37. The molecule has 1 aromatic heterocycles. The van der Waals surface area contributed by atoms with Crippen LogP contribution in [-0.2, 0) is 4.79 Å². The Bertz CT molecular complexity index is 1190. The zero-order valence-electron chi connectivity index (χ0n) is 20.7. The lowest BCUT2D eigenvalue weighted by molar-refractivity contribution is -0.118. The minimum absolute atomic E-state index is 0.0929. The average Bonchev–Trinajstić information content (AvgIpc) is 3.33. The van der Waals surface area contributed by atoms with Gasteiger partial charge in [-0.05, 0) is 31.9 Å². The second-order valence-electron chi connectivity index (χ2n) is 8.69. The molecular weight excluding hydrogens is 478 g/mol. The number of carbonyl (C=O) groups excluding carboxylic acids is 1. The van der Waals surface area contributed by atoms with Gasteiger partial charge in [0, 0.05) is 17.2 Å². The lowest BCUT2D eigenvalue weighted by atomic mass is 9.95. The fourth-order valence-electron chi connectivity index (χ4n) is 4.27. The second-order valence-corrected chi connectivity index (χ2v) is 9.63. The second kappa shape index (κ2) is 11.9. The largest absolute Gasteiger partial charge is 0.502 e. The molecule has 0 aliphatic heterocycles. The lowest BCUT2D eigenvalue weighted by Gasteiger charge is -2.25. The zero-order chi connectivity index (χ0) is 25.5. The zero-order valence-corrected chi connectivity index (χ0v) is 21.5. The summed E-state index contributed by atoms with van der Waals surface area (Å²) in [5, 5.41) is 23.7. The lowest BCUT2D eigenvalue weighted by Crippen LogP contribution is -2.20. The quantitative estimate of drug-likeness (QED) is 0.244. The van der Waals surface area contributed by atoms with Gasteiger partial charge in [-0.1, -0.05) is 60.9 Å². The minimum Gasteiger partial charge on any atom is -0.502 e. The Morgan fingerprint density at radius 1 is 1.14 bits per heavy atom. The molecule has 1 saturated carbocycles. The van der Waals surface area contributed by atoms with Crippen LogP contribution in [0.4, 0.5) is 0 Å². The number of amides is 1. The number of benzene rings is 2. The maximum atomic E-state index is 12.5. The number of aromatic nitrogens is 3. The Morgan fingerprint density at radius 2 is 1.81 bits per heavy atom. The molecule has 1 fully saturated rings. The van der Waals surface area contributed by atoms with E-state index in [0.717, 1.165) is 29.4 Å². The molecule has 0 atom stereocenters. The average molecular weight is 510 g/mol. The van der Waals surface area contributed by atoms with Crippen molar-refractivity contribution < 1.29 is 19.4 Å². The van der Waals surface area contributed by atoms with Crippen LogP contribution in [0.15, 0.2) is 46.7 Å². The highest BCUT2D eigenvalue weighted by Gasteiger charge is 2.24. The third-order valence-electron chi connectivity index (χ3n) is 6.15. The van der Waals surface area contributed by atoms with Crippen molar-refractivity contribution in [2.45, 2.75) is 50.2 Å². The molecule has 0 radical (unpaired) electrons. The van der Waals surface area contributed by atoms with Crippen LogP contribution in [-0.4, -0.2) is 52.0 Å². The predicted molar refractivity (Wildman–Crippen MR) is 140 cm³/mol. The molecule has 0 unspecified atom stereocenters. The molecule has 1 aliphatic rings. The van der Waals surface area contributed by atoms with Crippen LogP contribution >= 0.6 is 11.8 Å². The van der Waals surface area contributed by atoms with Gasteiger partial charge in [0.15, 0.2) is 22.5 Å². The Morgan fingerprint density at radius 3 is 2.44 bits per heavy atom. The predicted octanol–water partition coefficient (Wildman–Crippen LogP) is 4.72. The molecule has 9 nitrogen and oxygen atoms in total. The van der Waals surface area contributed by atoms with Gasteiger partial charge in [-0.3, -0.25) is 9.36 Å². The number of aryl methyl sites for hydroxylation is 1. The highest BCUT2D eigenvalue weighted by atomic mass is 32.2. The maximum absolute atomic E-state index is 12.5. The number of methoxy groups -OCH3 is 2. The van der Waals surface area contributed by atoms with Crippen LogP contribution in [0.3, 0.4) is 0 Å². The highest BCUT2D eigenvalue weighted by molar-refractivity contribution is 7.99. The fourth-order valence-corrected chi connectivity index (χ4v) is 5.07. The van der Waals surface area contributed by atoms with Gasteiger partial charge in [-0.25, -0.2) is 5.43 Å². The smallest absolute Gasteiger partial charge is 0.250 e. The number of thioether (sulfide) groups is 1. The summed E-state index contributed by atoms with van der Waals surface area (Å²) in [7, 11) is 2.90. The molecule has 0 saturated heterocycles. The topological polar surface area (TPSA) is 111 Å². The fraction of sp³-hybridized carbons (Fsp3) is 0.385. The monoisotopic (exact) mass is 509 g/mol. The number of carbonyl (C=O) groups is 1.